The average Bonchev–Trinajstić information content (AvgIpc) is 3.67. The monoisotopic (exact) mass is 626 g/mol. The van der Waals surface area contributed by atoms with Crippen LogP contribution in [0.3, 0.4) is 0 Å². The summed E-state index contributed by atoms with van der Waals surface area (Å²) in [7, 11) is 0. The molecule has 4 heteroatoms. The molecule has 0 N–H and O–H groups in total. The van der Waals surface area contributed by atoms with E-state index in [9.17, 15) is 10.5 Å². The second-order valence-electron chi connectivity index (χ2n) is 12.8. The first-order valence-electron chi connectivity index (χ1n) is 16.6. The maximum absolute atomic E-state index is 10.3. The normalized spacial score (nSPS) is 16.0. The lowest BCUT2D eigenvalue weighted by atomic mass is 9.91. The third-order valence-corrected chi connectivity index (χ3v) is 10.1. The van der Waals surface area contributed by atoms with E-state index >= 15 is 0 Å². The van der Waals surface area contributed by atoms with Crippen molar-refractivity contribution in [1.29, 1.82) is 10.5 Å². The average molecular weight is 627 g/mol. The summed E-state index contributed by atoms with van der Waals surface area (Å²) in [5.41, 5.74) is 13.2. The Bertz CT molecular complexity index is 2590. The Hall–Kier alpha value is -6.62. The number of nitrogens with zero attached hydrogens (tertiary/aromatic N) is 4. The van der Waals surface area contributed by atoms with Gasteiger partial charge < -0.3 is 9.47 Å². The Balaban J connectivity index is 1.10. The number of hydrogen-bond donors (Lipinski definition) is 0. The molecule has 0 saturated carbocycles. The van der Waals surface area contributed by atoms with Crippen LogP contribution >= 0.6 is 0 Å². The summed E-state index contributed by atoms with van der Waals surface area (Å²) < 4.78 is 2.20. The molecule has 2 unspecified atom stereocenters. The maximum Gasteiger partial charge on any atom is 0.101 e. The highest BCUT2D eigenvalue weighted by Crippen LogP contribution is 2.50. The summed E-state index contributed by atoms with van der Waals surface area (Å²) in [5.74, 6) is 0.267. The largest absolute Gasteiger partial charge is 0.333 e. The fourth-order valence-electron chi connectivity index (χ4n) is 7.88. The lowest BCUT2D eigenvalue weighted by Crippen LogP contribution is -2.29. The number of benzene rings is 6. The van der Waals surface area contributed by atoms with Gasteiger partial charge in [-0.05, 0) is 77.7 Å². The number of anilines is 2. The molecule has 6 aromatic carbocycles. The van der Waals surface area contributed by atoms with Gasteiger partial charge in [0.05, 0.1) is 40.0 Å². The molecule has 0 spiro atoms. The van der Waals surface area contributed by atoms with Crippen molar-refractivity contribution < 1.29 is 0 Å². The van der Waals surface area contributed by atoms with E-state index in [1.54, 1.807) is 0 Å². The van der Waals surface area contributed by atoms with Crippen molar-refractivity contribution in [2.45, 2.75) is 18.9 Å². The number of aromatic nitrogens is 1. The van der Waals surface area contributed by atoms with Crippen LogP contribution in [-0.4, -0.2) is 10.6 Å². The first kappa shape index (κ1) is 28.6. The van der Waals surface area contributed by atoms with E-state index in [4.69, 9.17) is 0 Å². The summed E-state index contributed by atoms with van der Waals surface area (Å²) >= 11 is 0. The van der Waals surface area contributed by atoms with Crippen LogP contribution in [0.25, 0.3) is 49.7 Å². The van der Waals surface area contributed by atoms with E-state index in [1.807, 2.05) is 24.3 Å². The van der Waals surface area contributed by atoms with Crippen molar-refractivity contribution in [3.63, 3.8) is 0 Å². The van der Waals surface area contributed by atoms with Gasteiger partial charge in [0.15, 0.2) is 0 Å². The number of fused-ring (bicyclic) bond motifs is 6. The van der Waals surface area contributed by atoms with Crippen LogP contribution in [0.4, 0.5) is 11.4 Å². The van der Waals surface area contributed by atoms with Gasteiger partial charge in [0.1, 0.15) is 6.07 Å². The number of allylic oxidation sites excluding steroid dienone is 2. The van der Waals surface area contributed by atoms with Gasteiger partial charge in [-0.25, -0.2) is 0 Å². The number of nitriles is 2. The first-order valence-corrected chi connectivity index (χ1v) is 16.6. The standard InChI is InChI=1S/C45H30N4/c1-29-16-25-42-39(26-29)38-12-6-9-34(28-47)45(38)48(42)35-23-21-31(22-24-35)30-17-19-32(20-18-30)44-33(27-46)8-7-15-43(44)49-40-13-4-2-10-36(40)37-11-3-5-14-41(37)49/h2-26,36,40H,1H3. The van der Waals surface area contributed by atoms with Gasteiger partial charge in [0.2, 0.25) is 0 Å². The van der Waals surface area contributed by atoms with Gasteiger partial charge in [-0.3, -0.25) is 0 Å². The smallest absolute Gasteiger partial charge is 0.101 e. The molecule has 230 valence electrons. The molecule has 7 aromatic rings. The van der Waals surface area contributed by atoms with E-state index in [-0.39, 0.29) is 12.0 Å². The second-order valence-corrected chi connectivity index (χ2v) is 12.8. The van der Waals surface area contributed by atoms with Crippen LogP contribution in [0.5, 0.6) is 0 Å². The summed E-state index contributed by atoms with van der Waals surface area (Å²) in [6.07, 6.45) is 8.80. The van der Waals surface area contributed by atoms with E-state index in [0.29, 0.717) is 11.1 Å². The fourth-order valence-corrected chi connectivity index (χ4v) is 7.88. The van der Waals surface area contributed by atoms with Gasteiger partial charge >= 0.3 is 0 Å². The Morgan fingerprint density at radius 2 is 1.27 bits per heavy atom. The molecule has 4 nitrogen and oxygen atoms in total. The number of aryl methyl sites for hydroxylation is 1. The third kappa shape index (κ3) is 4.43. The van der Waals surface area contributed by atoms with E-state index in [1.165, 1.54) is 16.8 Å². The van der Waals surface area contributed by atoms with Gasteiger partial charge in [-0.15, -0.1) is 0 Å². The SMILES string of the molecule is Cc1ccc2c(c1)c1cccc(C#N)c1n2-c1ccc(-c2ccc(-c3c(C#N)cccc3N3c4ccccc4C4C=CC=CC43)cc2)cc1. The number of rotatable bonds is 4. The van der Waals surface area contributed by atoms with Crippen molar-refractivity contribution in [3.05, 3.63) is 174 Å². The van der Waals surface area contributed by atoms with E-state index < -0.39 is 0 Å². The molecule has 9 rings (SSSR count). The molecule has 2 atom stereocenters. The topological polar surface area (TPSA) is 55.8 Å². The zero-order valence-electron chi connectivity index (χ0n) is 26.9. The van der Waals surface area contributed by atoms with Gasteiger partial charge in [-0.2, -0.15) is 10.5 Å². The van der Waals surface area contributed by atoms with Crippen molar-refractivity contribution in [3.8, 4) is 40.1 Å². The molecule has 0 amide bonds. The lowest BCUT2D eigenvalue weighted by molar-refractivity contribution is 0.745. The molecule has 0 radical (unpaired) electrons. The third-order valence-electron chi connectivity index (χ3n) is 10.1. The van der Waals surface area contributed by atoms with Gasteiger partial charge in [0.25, 0.3) is 0 Å². The van der Waals surface area contributed by atoms with Crippen LogP contribution in [0.2, 0.25) is 0 Å². The highest BCUT2D eigenvalue weighted by atomic mass is 15.2. The van der Waals surface area contributed by atoms with Crippen molar-refractivity contribution >= 4 is 33.2 Å². The second kappa shape index (κ2) is 11.3. The molecular weight excluding hydrogens is 597 g/mol. The van der Waals surface area contributed by atoms with Crippen molar-refractivity contribution in [2.24, 2.45) is 0 Å². The van der Waals surface area contributed by atoms with E-state index in [0.717, 1.165) is 55.4 Å². The molecule has 2 heterocycles. The van der Waals surface area contributed by atoms with Crippen LogP contribution in [0, 0.1) is 29.6 Å². The minimum Gasteiger partial charge on any atom is -0.333 e. The summed E-state index contributed by atoms with van der Waals surface area (Å²) in [5, 5.41) is 22.5. The maximum atomic E-state index is 10.3. The van der Waals surface area contributed by atoms with Gasteiger partial charge in [-0.1, -0.05) is 109 Å². The van der Waals surface area contributed by atoms with Crippen LogP contribution in [0.15, 0.2) is 152 Å². The lowest BCUT2D eigenvalue weighted by Gasteiger charge is -2.31. The quantitative estimate of drug-likeness (QED) is 0.195. The number of hydrogen-bond acceptors (Lipinski definition) is 3. The molecule has 0 saturated heterocycles. The van der Waals surface area contributed by atoms with Crippen molar-refractivity contribution in [1.82, 2.24) is 4.57 Å². The molecule has 0 bridgehead atoms. The highest BCUT2D eigenvalue weighted by Gasteiger charge is 2.38. The minimum absolute atomic E-state index is 0.149. The molecule has 0 fully saturated rings. The molecular formula is C45H30N4. The van der Waals surface area contributed by atoms with E-state index in [2.05, 4.69) is 156 Å². The summed E-state index contributed by atoms with van der Waals surface area (Å²) in [6.45, 7) is 2.10. The number of para-hydroxylation sites is 2. The minimum atomic E-state index is 0.149. The van der Waals surface area contributed by atoms with Crippen LogP contribution < -0.4 is 4.90 Å². The predicted molar refractivity (Wildman–Crippen MR) is 199 cm³/mol. The molecule has 1 aliphatic carbocycles. The van der Waals surface area contributed by atoms with Crippen LogP contribution in [0.1, 0.15) is 28.2 Å². The Labute approximate surface area is 285 Å². The fraction of sp³-hybridized carbons (Fsp3) is 0.0667. The molecule has 49 heavy (non-hydrogen) atoms. The molecule has 1 aliphatic heterocycles. The molecule has 2 aliphatic rings. The zero-order valence-corrected chi connectivity index (χ0v) is 26.9. The molecule has 1 aromatic heterocycles. The van der Waals surface area contributed by atoms with Crippen LogP contribution in [-0.2, 0) is 0 Å². The first-order chi connectivity index (χ1) is 24.1. The van der Waals surface area contributed by atoms with Gasteiger partial charge in [0, 0.05) is 33.6 Å². The zero-order chi connectivity index (χ0) is 33.1. The summed E-state index contributed by atoms with van der Waals surface area (Å²) in [4.78, 5) is 2.40. The highest BCUT2D eigenvalue weighted by molar-refractivity contribution is 6.11. The Morgan fingerprint density at radius 3 is 2.06 bits per heavy atom. The van der Waals surface area contributed by atoms with Crippen molar-refractivity contribution in [2.75, 3.05) is 4.90 Å². The Morgan fingerprint density at radius 1 is 0.592 bits per heavy atom. The Kier molecular flexibility index (Phi) is 6.57. The predicted octanol–water partition coefficient (Wildman–Crippen LogP) is 10.9. The summed E-state index contributed by atoms with van der Waals surface area (Å²) in [6, 6.07) is 49.2.